The molecule has 0 atom stereocenters. The van der Waals surface area contributed by atoms with E-state index in [1.54, 1.807) is 23.1 Å². The van der Waals surface area contributed by atoms with Crippen LogP contribution in [-0.2, 0) is 14.8 Å². The van der Waals surface area contributed by atoms with E-state index in [0.29, 0.717) is 43.1 Å². The minimum absolute atomic E-state index is 0.0412. The number of benzene rings is 1. The van der Waals surface area contributed by atoms with Crippen molar-refractivity contribution in [2.24, 2.45) is 0 Å². The summed E-state index contributed by atoms with van der Waals surface area (Å²) in [6, 6.07) is 4.72. The number of piperidine rings is 1. The first kappa shape index (κ1) is 21.0. The largest absolute Gasteiger partial charge is 0.495 e. The zero-order chi connectivity index (χ0) is 19.9. The summed E-state index contributed by atoms with van der Waals surface area (Å²) in [4.78, 5) is 25.9. The normalized spacial score (nSPS) is 14.7. The number of hydrogen-bond acceptors (Lipinski definition) is 5. The van der Waals surface area contributed by atoms with Crippen LogP contribution < -0.4 is 25.0 Å². The van der Waals surface area contributed by atoms with Crippen molar-refractivity contribution in [3.8, 4) is 5.75 Å². The Morgan fingerprint density at radius 3 is 2.70 bits per heavy atom. The zero-order valence-electron chi connectivity index (χ0n) is 15.6. The molecule has 1 aliphatic heterocycles. The summed E-state index contributed by atoms with van der Waals surface area (Å²) in [6.07, 6.45) is 3.86. The van der Waals surface area contributed by atoms with Crippen LogP contribution in [0.4, 0.5) is 16.2 Å². The summed E-state index contributed by atoms with van der Waals surface area (Å²) >= 11 is 0. The Kier molecular flexibility index (Phi) is 7.43. The fourth-order valence-electron chi connectivity index (χ4n) is 2.76. The highest BCUT2D eigenvalue weighted by Gasteiger charge is 2.23. The van der Waals surface area contributed by atoms with E-state index in [1.807, 2.05) is 0 Å². The van der Waals surface area contributed by atoms with Gasteiger partial charge in [-0.2, -0.15) is 0 Å². The lowest BCUT2D eigenvalue weighted by Crippen LogP contribution is -2.35. The Morgan fingerprint density at radius 2 is 2.04 bits per heavy atom. The molecule has 1 aromatic carbocycles. The Morgan fingerprint density at radius 1 is 1.26 bits per heavy atom. The number of nitrogens with zero attached hydrogens (tertiary/aromatic N) is 1. The molecule has 10 heteroatoms. The van der Waals surface area contributed by atoms with Gasteiger partial charge in [-0.1, -0.05) is 0 Å². The summed E-state index contributed by atoms with van der Waals surface area (Å²) < 4.78 is 29.6. The summed E-state index contributed by atoms with van der Waals surface area (Å²) in [5.41, 5.74) is 1.17. The van der Waals surface area contributed by atoms with Crippen LogP contribution in [0.2, 0.25) is 0 Å². The van der Waals surface area contributed by atoms with Gasteiger partial charge in [0.2, 0.25) is 15.9 Å². The summed E-state index contributed by atoms with van der Waals surface area (Å²) in [7, 11) is -1.68. The van der Waals surface area contributed by atoms with Gasteiger partial charge >= 0.3 is 6.03 Å². The SMILES string of the molecule is COc1ccc(NC(=O)NCCCNS(C)(=O)=O)cc1N1CCCCC1=O. The van der Waals surface area contributed by atoms with E-state index in [-0.39, 0.29) is 12.5 Å². The van der Waals surface area contributed by atoms with E-state index in [2.05, 4.69) is 15.4 Å². The van der Waals surface area contributed by atoms with Crippen LogP contribution in [0.15, 0.2) is 18.2 Å². The number of hydrogen-bond donors (Lipinski definition) is 3. The van der Waals surface area contributed by atoms with E-state index in [1.165, 1.54) is 7.11 Å². The van der Waals surface area contributed by atoms with Crippen LogP contribution in [0.1, 0.15) is 25.7 Å². The topological polar surface area (TPSA) is 117 Å². The maximum absolute atomic E-state index is 12.2. The van der Waals surface area contributed by atoms with E-state index >= 15 is 0 Å². The molecule has 0 aromatic heterocycles. The van der Waals surface area contributed by atoms with E-state index in [9.17, 15) is 18.0 Å². The number of carbonyl (C=O) groups is 2. The molecule has 0 radical (unpaired) electrons. The van der Waals surface area contributed by atoms with Gasteiger partial charge in [0.05, 0.1) is 19.1 Å². The second-order valence-electron chi connectivity index (χ2n) is 6.29. The standard InChI is InChI=1S/C17H26N4O5S/c1-26-15-8-7-13(12-14(15)21-11-4-3-6-16(21)22)20-17(23)18-9-5-10-19-27(2,24)25/h7-8,12,19H,3-6,9-11H2,1-2H3,(H2,18,20,23). The van der Waals surface area contributed by atoms with Crippen LogP contribution in [-0.4, -0.2) is 53.4 Å². The third-order valence-electron chi connectivity index (χ3n) is 4.05. The molecule has 27 heavy (non-hydrogen) atoms. The molecule has 3 amide bonds. The Hall–Kier alpha value is -2.33. The number of methoxy groups -OCH3 is 1. The first-order valence-electron chi connectivity index (χ1n) is 8.78. The number of nitrogens with one attached hydrogen (secondary N) is 3. The van der Waals surface area contributed by atoms with Crippen LogP contribution >= 0.6 is 0 Å². The third kappa shape index (κ3) is 6.72. The van der Waals surface area contributed by atoms with Crippen LogP contribution in [0.3, 0.4) is 0 Å². The van der Waals surface area contributed by atoms with E-state index in [0.717, 1.165) is 19.1 Å². The minimum Gasteiger partial charge on any atom is -0.495 e. The van der Waals surface area contributed by atoms with Crippen molar-refractivity contribution < 1.29 is 22.7 Å². The lowest BCUT2D eigenvalue weighted by molar-refractivity contribution is -0.119. The molecule has 2 rings (SSSR count). The van der Waals surface area contributed by atoms with E-state index < -0.39 is 16.1 Å². The molecule has 1 heterocycles. The van der Waals surface area contributed by atoms with E-state index in [4.69, 9.17) is 4.74 Å². The highest BCUT2D eigenvalue weighted by molar-refractivity contribution is 7.88. The Bertz CT molecular complexity index is 782. The Balaban J connectivity index is 1.93. The number of ether oxygens (including phenoxy) is 1. The van der Waals surface area contributed by atoms with Crippen LogP contribution in [0, 0.1) is 0 Å². The van der Waals surface area contributed by atoms with Crippen molar-refractivity contribution in [1.29, 1.82) is 0 Å². The van der Waals surface area contributed by atoms with Crippen molar-refractivity contribution in [3.05, 3.63) is 18.2 Å². The first-order valence-corrected chi connectivity index (χ1v) is 10.7. The van der Waals surface area contributed by atoms with Crippen molar-refractivity contribution in [2.45, 2.75) is 25.7 Å². The molecule has 150 valence electrons. The molecule has 0 spiro atoms. The molecule has 1 fully saturated rings. The Labute approximate surface area is 159 Å². The fraction of sp³-hybridized carbons (Fsp3) is 0.529. The van der Waals surface area contributed by atoms with Crippen molar-refractivity contribution in [1.82, 2.24) is 10.0 Å². The smallest absolute Gasteiger partial charge is 0.319 e. The zero-order valence-corrected chi connectivity index (χ0v) is 16.4. The van der Waals surface area contributed by atoms with Gasteiger partial charge in [-0.3, -0.25) is 4.79 Å². The van der Waals surface area contributed by atoms with Gasteiger partial charge in [0, 0.05) is 31.7 Å². The molecule has 1 saturated heterocycles. The maximum atomic E-state index is 12.2. The molecule has 1 aromatic rings. The number of amides is 3. The molecule has 0 unspecified atom stereocenters. The number of sulfonamides is 1. The molecule has 9 nitrogen and oxygen atoms in total. The number of anilines is 2. The summed E-state index contributed by atoms with van der Waals surface area (Å²) in [6.45, 7) is 1.20. The van der Waals surface area contributed by atoms with Gasteiger partial charge in [-0.15, -0.1) is 0 Å². The number of urea groups is 1. The molecule has 1 aliphatic rings. The predicted octanol–water partition coefficient (Wildman–Crippen LogP) is 1.27. The molecule has 0 saturated carbocycles. The summed E-state index contributed by atoms with van der Waals surface area (Å²) in [5, 5.41) is 5.37. The minimum atomic E-state index is -3.22. The average molecular weight is 398 g/mol. The molecular formula is C17H26N4O5S. The van der Waals surface area contributed by atoms with Gasteiger partial charge in [0.15, 0.2) is 0 Å². The second-order valence-corrected chi connectivity index (χ2v) is 8.12. The van der Waals surface area contributed by atoms with Crippen molar-refractivity contribution >= 4 is 33.3 Å². The van der Waals surface area contributed by atoms with Gasteiger partial charge in [0.25, 0.3) is 0 Å². The highest BCUT2D eigenvalue weighted by atomic mass is 32.2. The average Bonchev–Trinajstić information content (AvgIpc) is 2.61. The highest BCUT2D eigenvalue weighted by Crippen LogP contribution is 2.33. The molecule has 0 aliphatic carbocycles. The first-order chi connectivity index (χ1) is 12.8. The number of rotatable bonds is 8. The fourth-order valence-corrected chi connectivity index (χ4v) is 3.28. The van der Waals surface area contributed by atoms with Gasteiger partial charge in [-0.05, 0) is 37.5 Å². The maximum Gasteiger partial charge on any atom is 0.319 e. The quantitative estimate of drug-likeness (QED) is 0.570. The lowest BCUT2D eigenvalue weighted by atomic mass is 10.1. The number of carbonyl (C=O) groups excluding carboxylic acids is 2. The van der Waals surface area contributed by atoms with Crippen LogP contribution in [0.25, 0.3) is 0 Å². The predicted molar refractivity (Wildman–Crippen MR) is 104 cm³/mol. The second kappa shape index (κ2) is 9.56. The van der Waals surface area contributed by atoms with Crippen LogP contribution in [0.5, 0.6) is 5.75 Å². The monoisotopic (exact) mass is 398 g/mol. The van der Waals surface area contributed by atoms with Crippen molar-refractivity contribution in [2.75, 3.05) is 43.2 Å². The lowest BCUT2D eigenvalue weighted by Gasteiger charge is -2.28. The van der Waals surface area contributed by atoms with Gasteiger partial charge in [0.1, 0.15) is 5.75 Å². The summed E-state index contributed by atoms with van der Waals surface area (Å²) in [5.74, 6) is 0.614. The third-order valence-corrected chi connectivity index (χ3v) is 4.78. The molecule has 3 N–H and O–H groups in total. The van der Waals surface area contributed by atoms with Gasteiger partial charge < -0.3 is 20.3 Å². The molecular weight excluding hydrogens is 372 g/mol. The van der Waals surface area contributed by atoms with Crippen molar-refractivity contribution in [3.63, 3.8) is 0 Å². The molecule has 0 bridgehead atoms. The van der Waals surface area contributed by atoms with Gasteiger partial charge in [-0.25, -0.2) is 17.9 Å².